The van der Waals surface area contributed by atoms with Crippen molar-refractivity contribution >= 4 is 16.8 Å². The van der Waals surface area contributed by atoms with Crippen molar-refractivity contribution in [3.63, 3.8) is 0 Å². The van der Waals surface area contributed by atoms with Crippen molar-refractivity contribution in [3.8, 4) is 0 Å². The van der Waals surface area contributed by atoms with Crippen molar-refractivity contribution in [1.82, 2.24) is 15.5 Å². The Morgan fingerprint density at radius 1 is 1.03 bits per heavy atom. The molecule has 4 heteroatoms. The molecule has 0 saturated heterocycles. The molecule has 2 saturated carbocycles. The van der Waals surface area contributed by atoms with E-state index in [-0.39, 0.29) is 6.03 Å². The first-order valence-corrected chi connectivity index (χ1v) is 11.3. The van der Waals surface area contributed by atoms with Crippen molar-refractivity contribution < 1.29 is 4.79 Å². The number of hydrogen-bond acceptors (Lipinski definition) is 2. The molecule has 0 aromatic heterocycles. The smallest absolute Gasteiger partial charge is 0.317 e. The first kappa shape index (κ1) is 20.2. The number of nitrogens with one attached hydrogen (secondary N) is 2. The van der Waals surface area contributed by atoms with E-state index in [1.807, 2.05) is 0 Å². The van der Waals surface area contributed by atoms with Gasteiger partial charge in [-0.05, 0) is 85.7 Å². The molecule has 0 bridgehead atoms. The van der Waals surface area contributed by atoms with Gasteiger partial charge in [-0.25, -0.2) is 4.79 Å². The summed E-state index contributed by atoms with van der Waals surface area (Å²) in [6, 6.07) is 15.9. The van der Waals surface area contributed by atoms with Gasteiger partial charge in [-0.3, -0.25) is 0 Å². The molecule has 4 nitrogen and oxygen atoms in total. The molecule has 2 aliphatic rings. The monoisotopic (exact) mass is 393 g/mol. The lowest BCUT2D eigenvalue weighted by atomic mass is 9.84. The van der Waals surface area contributed by atoms with Crippen LogP contribution in [-0.2, 0) is 0 Å². The number of rotatable bonds is 7. The molecule has 29 heavy (non-hydrogen) atoms. The molecule has 2 atom stereocenters. The number of benzene rings is 2. The van der Waals surface area contributed by atoms with Gasteiger partial charge in [-0.1, -0.05) is 42.5 Å². The summed E-state index contributed by atoms with van der Waals surface area (Å²) in [6.07, 6.45) is 7.30. The first-order valence-electron chi connectivity index (χ1n) is 11.3. The predicted octanol–water partition coefficient (Wildman–Crippen LogP) is 4.75. The third-order valence-corrected chi connectivity index (χ3v) is 6.86. The van der Waals surface area contributed by atoms with Gasteiger partial charge < -0.3 is 15.5 Å². The lowest BCUT2D eigenvalue weighted by Gasteiger charge is -2.30. The molecule has 2 aromatic carbocycles. The quantitative estimate of drug-likeness (QED) is 0.667. The Morgan fingerprint density at radius 3 is 2.59 bits per heavy atom. The Labute approximate surface area is 175 Å². The molecule has 2 aliphatic carbocycles. The Kier molecular flexibility index (Phi) is 6.39. The van der Waals surface area contributed by atoms with E-state index < -0.39 is 0 Å². The van der Waals surface area contributed by atoms with Gasteiger partial charge in [0.15, 0.2) is 0 Å². The molecule has 2 unspecified atom stereocenters. The summed E-state index contributed by atoms with van der Waals surface area (Å²) in [5, 5.41) is 9.65. The molecular weight excluding hydrogens is 358 g/mol. The molecule has 2 fully saturated rings. The van der Waals surface area contributed by atoms with Gasteiger partial charge >= 0.3 is 6.03 Å². The lowest BCUT2D eigenvalue weighted by Crippen LogP contribution is -2.43. The zero-order chi connectivity index (χ0) is 20.2. The van der Waals surface area contributed by atoms with Crippen LogP contribution >= 0.6 is 0 Å². The third-order valence-electron chi connectivity index (χ3n) is 6.86. The van der Waals surface area contributed by atoms with Crippen LogP contribution in [0, 0.1) is 11.8 Å². The van der Waals surface area contributed by atoms with Gasteiger partial charge in [0.1, 0.15) is 0 Å². The van der Waals surface area contributed by atoms with Crippen molar-refractivity contribution in [1.29, 1.82) is 0 Å². The average Bonchev–Trinajstić information content (AvgIpc) is 3.51. The molecule has 0 aliphatic heterocycles. The number of carbonyl (C=O) groups is 1. The van der Waals surface area contributed by atoms with Gasteiger partial charge in [0, 0.05) is 20.1 Å². The van der Waals surface area contributed by atoms with Crippen molar-refractivity contribution in [2.75, 3.05) is 27.2 Å². The van der Waals surface area contributed by atoms with Crippen LogP contribution in [0.3, 0.4) is 0 Å². The van der Waals surface area contributed by atoms with E-state index in [1.165, 1.54) is 42.0 Å². The van der Waals surface area contributed by atoms with Crippen LogP contribution in [0.5, 0.6) is 0 Å². The summed E-state index contributed by atoms with van der Waals surface area (Å²) in [5.41, 5.74) is 1.54. The number of nitrogens with zero attached hydrogens (tertiary/aromatic N) is 1. The zero-order valence-electron chi connectivity index (χ0n) is 17.9. The summed E-state index contributed by atoms with van der Waals surface area (Å²) in [6.45, 7) is 2.26. The van der Waals surface area contributed by atoms with E-state index >= 15 is 0 Å². The summed E-state index contributed by atoms with van der Waals surface area (Å²) in [5.74, 6) is 2.32. The fraction of sp³-hybridized carbons (Fsp3) is 0.560. The van der Waals surface area contributed by atoms with E-state index in [0.29, 0.717) is 6.04 Å². The lowest BCUT2D eigenvalue weighted by molar-refractivity contribution is 0.203. The van der Waals surface area contributed by atoms with Crippen molar-refractivity contribution in [2.45, 2.75) is 50.5 Å². The number of hydrogen-bond donors (Lipinski definition) is 2. The molecule has 156 valence electrons. The molecule has 0 spiro atoms. The second kappa shape index (κ2) is 9.17. The summed E-state index contributed by atoms with van der Waals surface area (Å²) >= 11 is 0. The highest BCUT2D eigenvalue weighted by molar-refractivity contribution is 5.86. The topological polar surface area (TPSA) is 44.4 Å². The summed E-state index contributed by atoms with van der Waals surface area (Å²) in [4.78, 5) is 13.4. The van der Waals surface area contributed by atoms with Crippen LogP contribution in [0.25, 0.3) is 10.8 Å². The van der Waals surface area contributed by atoms with Gasteiger partial charge in [-0.2, -0.15) is 0 Å². The molecule has 4 rings (SSSR count). The van der Waals surface area contributed by atoms with E-state index in [4.69, 9.17) is 0 Å². The standard InChI is InChI=1S/C25H35N3O/c1-28(2)25(29)27-21-12-10-18(11-13-21)14-15-26-17-20-16-24(20)23-9-5-7-19-6-3-4-8-22(19)23/h3-9,18,20-21,24,26H,10-17H2,1-2H3,(H,27,29). The Bertz CT molecular complexity index is 820. The van der Waals surface area contributed by atoms with Crippen molar-refractivity contribution in [3.05, 3.63) is 48.0 Å². The highest BCUT2D eigenvalue weighted by Gasteiger charge is 2.38. The minimum Gasteiger partial charge on any atom is -0.335 e. The highest BCUT2D eigenvalue weighted by Crippen LogP contribution is 2.49. The molecule has 2 N–H and O–H groups in total. The predicted molar refractivity (Wildman–Crippen MR) is 120 cm³/mol. The first-order chi connectivity index (χ1) is 14.1. The van der Waals surface area contributed by atoms with Crippen LogP contribution < -0.4 is 10.6 Å². The van der Waals surface area contributed by atoms with Crippen LogP contribution in [0.15, 0.2) is 42.5 Å². The second-order valence-electron chi connectivity index (χ2n) is 9.23. The Balaban J connectivity index is 1.14. The van der Waals surface area contributed by atoms with Crippen LogP contribution in [0.4, 0.5) is 4.79 Å². The van der Waals surface area contributed by atoms with Gasteiger partial charge in [-0.15, -0.1) is 0 Å². The van der Waals surface area contributed by atoms with E-state index in [0.717, 1.165) is 43.7 Å². The van der Waals surface area contributed by atoms with Gasteiger partial charge in [0.2, 0.25) is 0 Å². The van der Waals surface area contributed by atoms with E-state index in [9.17, 15) is 4.79 Å². The van der Waals surface area contributed by atoms with Crippen LogP contribution in [-0.4, -0.2) is 44.2 Å². The minimum absolute atomic E-state index is 0.0419. The van der Waals surface area contributed by atoms with Crippen LogP contribution in [0.2, 0.25) is 0 Å². The van der Waals surface area contributed by atoms with Gasteiger partial charge in [0.25, 0.3) is 0 Å². The average molecular weight is 394 g/mol. The third kappa shape index (κ3) is 5.11. The van der Waals surface area contributed by atoms with E-state index in [2.05, 4.69) is 53.1 Å². The number of urea groups is 1. The highest BCUT2D eigenvalue weighted by atomic mass is 16.2. The van der Waals surface area contributed by atoms with Crippen LogP contribution in [0.1, 0.15) is 50.0 Å². The Hall–Kier alpha value is -2.07. The Morgan fingerprint density at radius 2 is 1.79 bits per heavy atom. The summed E-state index contributed by atoms with van der Waals surface area (Å²) in [7, 11) is 3.61. The number of fused-ring (bicyclic) bond motifs is 1. The summed E-state index contributed by atoms with van der Waals surface area (Å²) < 4.78 is 0. The molecule has 0 radical (unpaired) electrons. The number of amides is 2. The van der Waals surface area contributed by atoms with Gasteiger partial charge in [0.05, 0.1) is 0 Å². The maximum Gasteiger partial charge on any atom is 0.317 e. The molecular formula is C25H35N3O. The fourth-order valence-corrected chi connectivity index (χ4v) is 4.92. The normalized spacial score (nSPS) is 26.3. The SMILES string of the molecule is CN(C)C(=O)NC1CCC(CCNCC2CC2c2cccc3ccccc23)CC1. The van der Waals surface area contributed by atoms with E-state index in [1.54, 1.807) is 19.0 Å². The van der Waals surface area contributed by atoms with Crippen molar-refractivity contribution in [2.24, 2.45) is 11.8 Å². The maximum atomic E-state index is 11.8. The largest absolute Gasteiger partial charge is 0.335 e. The molecule has 2 aromatic rings. The molecule has 2 amide bonds. The maximum absolute atomic E-state index is 11.8. The zero-order valence-corrected chi connectivity index (χ0v) is 17.9. The second-order valence-corrected chi connectivity index (χ2v) is 9.23. The fourth-order valence-electron chi connectivity index (χ4n) is 4.92. The minimum atomic E-state index is 0.0419. The number of carbonyl (C=O) groups excluding carboxylic acids is 1. The molecule has 0 heterocycles.